The summed E-state index contributed by atoms with van der Waals surface area (Å²) in [5, 5.41) is 0. The highest BCUT2D eigenvalue weighted by atomic mass is 35.5. The van der Waals surface area contributed by atoms with Crippen molar-refractivity contribution in [3.8, 4) is 0 Å². The summed E-state index contributed by atoms with van der Waals surface area (Å²) in [6, 6.07) is 13.5. The number of rotatable bonds is 3. The van der Waals surface area contributed by atoms with Gasteiger partial charge in [-0.3, -0.25) is 4.90 Å². The molecular weight excluding hydrogens is 389 g/mol. The molecule has 0 amide bonds. The maximum absolute atomic E-state index is 4.50. The molecule has 0 N–H and O–H groups in total. The Morgan fingerprint density at radius 3 is 2.18 bits per heavy atom. The van der Waals surface area contributed by atoms with Crippen LogP contribution in [0.5, 0.6) is 0 Å². The Morgan fingerprint density at radius 2 is 1.61 bits per heavy atom. The van der Waals surface area contributed by atoms with Crippen molar-refractivity contribution in [1.29, 1.82) is 0 Å². The molecule has 0 bridgehead atoms. The van der Waals surface area contributed by atoms with Crippen LogP contribution in [0.3, 0.4) is 0 Å². The van der Waals surface area contributed by atoms with Gasteiger partial charge >= 0.3 is 0 Å². The number of aryl methyl sites for hydroxylation is 2. The summed E-state index contributed by atoms with van der Waals surface area (Å²) in [5.41, 5.74) is 5.88. The molecule has 2 aliphatic rings. The minimum Gasteiger partial charge on any atom is -0.354 e. The molecule has 1 fully saturated rings. The van der Waals surface area contributed by atoms with E-state index in [1.807, 2.05) is 12.3 Å². The summed E-state index contributed by atoms with van der Waals surface area (Å²) >= 11 is 0. The van der Waals surface area contributed by atoms with Crippen LogP contribution in [-0.2, 0) is 0 Å². The lowest BCUT2D eigenvalue weighted by Gasteiger charge is -2.41. The first-order chi connectivity index (χ1) is 12.7. The molecular formula is C23H31Cl2N3. The van der Waals surface area contributed by atoms with Gasteiger partial charge in [0.25, 0.3) is 0 Å². The Hall–Kier alpha value is -1.55. The van der Waals surface area contributed by atoms with Crippen LogP contribution < -0.4 is 4.90 Å². The van der Waals surface area contributed by atoms with E-state index in [1.165, 1.54) is 36.0 Å². The lowest BCUT2D eigenvalue weighted by Crippen LogP contribution is -2.50. The van der Waals surface area contributed by atoms with Gasteiger partial charge in [0.15, 0.2) is 0 Å². The lowest BCUT2D eigenvalue weighted by atomic mass is 9.86. The van der Waals surface area contributed by atoms with E-state index >= 15 is 0 Å². The zero-order chi connectivity index (χ0) is 17.9. The third-order valence-corrected chi connectivity index (χ3v) is 5.99. The number of piperazine rings is 1. The van der Waals surface area contributed by atoms with Gasteiger partial charge in [0, 0.05) is 38.4 Å². The van der Waals surface area contributed by atoms with Crippen LogP contribution in [0.1, 0.15) is 36.0 Å². The monoisotopic (exact) mass is 419 g/mol. The van der Waals surface area contributed by atoms with Crippen LogP contribution in [0.2, 0.25) is 0 Å². The van der Waals surface area contributed by atoms with Gasteiger partial charge in [0.1, 0.15) is 5.82 Å². The van der Waals surface area contributed by atoms with Crippen molar-refractivity contribution in [3.63, 3.8) is 0 Å². The Kier molecular flexibility index (Phi) is 8.36. The molecule has 1 atom stereocenters. The molecule has 1 aliphatic carbocycles. The van der Waals surface area contributed by atoms with Crippen LogP contribution in [0.25, 0.3) is 5.57 Å². The highest BCUT2D eigenvalue weighted by Crippen LogP contribution is 2.33. The topological polar surface area (TPSA) is 19.4 Å². The summed E-state index contributed by atoms with van der Waals surface area (Å²) < 4.78 is 0. The lowest BCUT2D eigenvalue weighted by molar-refractivity contribution is 0.175. The van der Waals surface area contributed by atoms with Gasteiger partial charge in [-0.1, -0.05) is 30.3 Å². The Bertz CT molecular complexity index is 763. The molecule has 1 aromatic heterocycles. The normalized spacial score (nSPS) is 20.0. The molecule has 4 rings (SSSR count). The fourth-order valence-electron chi connectivity index (χ4n) is 4.56. The van der Waals surface area contributed by atoms with Gasteiger partial charge in [-0.15, -0.1) is 24.8 Å². The average Bonchev–Trinajstić information content (AvgIpc) is 2.69. The molecule has 28 heavy (non-hydrogen) atoms. The fourth-order valence-corrected chi connectivity index (χ4v) is 4.56. The van der Waals surface area contributed by atoms with Gasteiger partial charge in [-0.05, 0) is 67.5 Å². The van der Waals surface area contributed by atoms with E-state index < -0.39 is 0 Å². The first kappa shape index (κ1) is 22.7. The van der Waals surface area contributed by atoms with E-state index in [2.05, 4.69) is 65.0 Å². The summed E-state index contributed by atoms with van der Waals surface area (Å²) in [5.74, 6) is 1.12. The molecule has 2 heterocycles. The SMILES string of the molecule is Cc1cccc(C)c1C1=CCC(N2CCN(c3ccccn3)CC2)CC1.Cl.Cl. The van der Waals surface area contributed by atoms with Gasteiger partial charge in [0.05, 0.1) is 0 Å². The molecule has 1 unspecified atom stereocenters. The number of aromatic nitrogens is 1. The largest absolute Gasteiger partial charge is 0.354 e. The maximum Gasteiger partial charge on any atom is 0.128 e. The van der Waals surface area contributed by atoms with Crippen molar-refractivity contribution in [3.05, 3.63) is 65.4 Å². The molecule has 5 heteroatoms. The maximum atomic E-state index is 4.50. The number of pyridine rings is 1. The minimum absolute atomic E-state index is 0. The smallest absolute Gasteiger partial charge is 0.128 e. The Labute approximate surface area is 181 Å². The van der Waals surface area contributed by atoms with Crippen molar-refractivity contribution in [1.82, 2.24) is 9.88 Å². The molecule has 152 valence electrons. The second-order valence-electron chi connectivity index (χ2n) is 7.64. The Morgan fingerprint density at radius 1 is 0.893 bits per heavy atom. The van der Waals surface area contributed by atoms with Crippen molar-refractivity contribution >= 4 is 36.2 Å². The zero-order valence-corrected chi connectivity index (χ0v) is 18.4. The second-order valence-corrected chi connectivity index (χ2v) is 7.64. The molecule has 0 saturated carbocycles. The summed E-state index contributed by atoms with van der Waals surface area (Å²) in [7, 11) is 0. The van der Waals surface area contributed by atoms with Crippen LogP contribution in [0.4, 0.5) is 5.82 Å². The number of hydrogen-bond acceptors (Lipinski definition) is 3. The third kappa shape index (κ3) is 4.89. The zero-order valence-electron chi connectivity index (χ0n) is 16.8. The van der Waals surface area contributed by atoms with Crippen LogP contribution in [0, 0.1) is 13.8 Å². The number of allylic oxidation sites excluding steroid dienone is 1. The number of halogens is 2. The van der Waals surface area contributed by atoms with Crippen molar-refractivity contribution in [2.75, 3.05) is 31.1 Å². The quantitative estimate of drug-likeness (QED) is 0.672. The number of anilines is 1. The van der Waals surface area contributed by atoms with E-state index in [0.717, 1.165) is 32.0 Å². The van der Waals surface area contributed by atoms with E-state index in [0.29, 0.717) is 6.04 Å². The summed E-state index contributed by atoms with van der Waals surface area (Å²) in [4.78, 5) is 9.60. The van der Waals surface area contributed by atoms with E-state index in [-0.39, 0.29) is 24.8 Å². The first-order valence-corrected chi connectivity index (χ1v) is 9.88. The second kappa shape index (κ2) is 10.3. The molecule has 1 saturated heterocycles. The predicted octanol–water partition coefficient (Wildman–Crippen LogP) is 5.30. The number of benzene rings is 1. The molecule has 0 spiro atoms. The molecule has 1 aliphatic heterocycles. The summed E-state index contributed by atoms with van der Waals surface area (Å²) in [6.45, 7) is 8.95. The third-order valence-electron chi connectivity index (χ3n) is 5.99. The van der Waals surface area contributed by atoms with Gasteiger partial charge in [-0.2, -0.15) is 0 Å². The van der Waals surface area contributed by atoms with E-state index in [1.54, 1.807) is 5.57 Å². The first-order valence-electron chi connectivity index (χ1n) is 9.88. The number of hydrogen-bond donors (Lipinski definition) is 0. The van der Waals surface area contributed by atoms with Crippen LogP contribution in [0.15, 0.2) is 48.7 Å². The van der Waals surface area contributed by atoms with Crippen LogP contribution >= 0.6 is 24.8 Å². The standard InChI is InChI=1S/C23H29N3.2ClH/c1-18-6-5-7-19(2)23(18)20-9-11-21(12-10-20)25-14-16-26(17-15-25)22-8-3-4-13-24-22;;/h3-9,13,21H,10-12,14-17H2,1-2H3;2*1H. The van der Waals surface area contributed by atoms with E-state index in [4.69, 9.17) is 0 Å². The van der Waals surface area contributed by atoms with Crippen molar-refractivity contribution in [2.45, 2.75) is 39.2 Å². The summed E-state index contributed by atoms with van der Waals surface area (Å²) in [6.07, 6.45) is 8.07. The van der Waals surface area contributed by atoms with Gasteiger partial charge < -0.3 is 4.90 Å². The fraction of sp³-hybridized carbons (Fsp3) is 0.435. The van der Waals surface area contributed by atoms with Gasteiger partial charge in [0.2, 0.25) is 0 Å². The molecule has 1 aromatic carbocycles. The molecule has 0 radical (unpaired) electrons. The predicted molar refractivity (Wildman–Crippen MR) is 124 cm³/mol. The minimum atomic E-state index is 0. The van der Waals surface area contributed by atoms with E-state index in [9.17, 15) is 0 Å². The highest BCUT2D eigenvalue weighted by Gasteiger charge is 2.26. The molecule has 3 nitrogen and oxygen atoms in total. The average molecular weight is 420 g/mol. The highest BCUT2D eigenvalue weighted by molar-refractivity contribution is 5.85. The van der Waals surface area contributed by atoms with Crippen molar-refractivity contribution in [2.24, 2.45) is 0 Å². The Balaban J connectivity index is 0.00000140. The van der Waals surface area contributed by atoms with Gasteiger partial charge in [-0.25, -0.2) is 4.98 Å². The van der Waals surface area contributed by atoms with Crippen molar-refractivity contribution < 1.29 is 0 Å². The number of nitrogens with zero attached hydrogens (tertiary/aromatic N) is 3. The van der Waals surface area contributed by atoms with Crippen LogP contribution in [-0.4, -0.2) is 42.1 Å². The molecule has 2 aromatic rings.